The summed E-state index contributed by atoms with van der Waals surface area (Å²) in [7, 11) is 0. The standard InChI is InChI=1S/C19H23FN4O/c20-15-5-3-13(4-6-15)17(14-11-16(25)12-14)23-18-19(22-8-7-21-18)24-9-1-2-10-24/h3-8,14,16-17,25H,1-2,9-12H2,(H,21,23). The van der Waals surface area contributed by atoms with Gasteiger partial charge in [0.15, 0.2) is 11.6 Å². The molecule has 0 spiro atoms. The molecule has 0 bridgehead atoms. The molecular formula is C19H23FN4O. The molecule has 0 radical (unpaired) electrons. The van der Waals surface area contributed by atoms with Crippen LogP contribution in [0.15, 0.2) is 36.7 Å². The van der Waals surface area contributed by atoms with Gasteiger partial charge in [-0.2, -0.15) is 0 Å². The molecule has 1 saturated heterocycles. The van der Waals surface area contributed by atoms with Gasteiger partial charge in [-0.3, -0.25) is 0 Å². The molecular weight excluding hydrogens is 319 g/mol. The molecule has 1 atom stereocenters. The molecule has 4 rings (SSSR count). The Hall–Kier alpha value is -2.21. The third kappa shape index (κ3) is 3.44. The van der Waals surface area contributed by atoms with Crippen LogP contribution >= 0.6 is 0 Å². The molecule has 2 heterocycles. The van der Waals surface area contributed by atoms with Crippen LogP contribution in [0.5, 0.6) is 0 Å². The van der Waals surface area contributed by atoms with E-state index in [9.17, 15) is 9.50 Å². The average Bonchev–Trinajstić information content (AvgIpc) is 3.13. The SMILES string of the molecule is OC1CC(C(Nc2nccnc2N2CCCC2)c2ccc(F)cc2)C1. The Morgan fingerprint density at radius 2 is 1.76 bits per heavy atom. The number of anilines is 2. The fourth-order valence-corrected chi connectivity index (χ4v) is 3.79. The first-order valence-corrected chi connectivity index (χ1v) is 8.97. The van der Waals surface area contributed by atoms with Gasteiger partial charge in [0.2, 0.25) is 0 Å². The van der Waals surface area contributed by atoms with Crippen LogP contribution in [0, 0.1) is 11.7 Å². The molecule has 5 nitrogen and oxygen atoms in total. The first kappa shape index (κ1) is 16.3. The van der Waals surface area contributed by atoms with Crippen molar-refractivity contribution < 1.29 is 9.50 Å². The lowest BCUT2D eigenvalue weighted by Gasteiger charge is -2.39. The third-order valence-electron chi connectivity index (χ3n) is 5.23. The molecule has 25 heavy (non-hydrogen) atoms. The highest BCUT2D eigenvalue weighted by Crippen LogP contribution is 2.41. The topological polar surface area (TPSA) is 61.3 Å². The van der Waals surface area contributed by atoms with Crippen molar-refractivity contribution in [3.8, 4) is 0 Å². The first-order valence-electron chi connectivity index (χ1n) is 8.97. The van der Waals surface area contributed by atoms with Crippen LogP contribution in [0.25, 0.3) is 0 Å². The quantitative estimate of drug-likeness (QED) is 0.874. The number of nitrogens with one attached hydrogen (secondary N) is 1. The van der Waals surface area contributed by atoms with Gasteiger partial charge >= 0.3 is 0 Å². The predicted molar refractivity (Wildman–Crippen MR) is 95.0 cm³/mol. The van der Waals surface area contributed by atoms with E-state index in [2.05, 4.69) is 20.2 Å². The Labute approximate surface area is 146 Å². The highest BCUT2D eigenvalue weighted by molar-refractivity contribution is 5.62. The van der Waals surface area contributed by atoms with E-state index >= 15 is 0 Å². The number of rotatable bonds is 5. The summed E-state index contributed by atoms with van der Waals surface area (Å²) >= 11 is 0. The zero-order valence-corrected chi connectivity index (χ0v) is 14.1. The average molecular weight is 342 g/mol. The molecule has 1 aromatic heterocycles. The fraction of sp³-hybridized carbons (Fsp3) is 0.474. The van der Waals surface area contributed by atoms with Gasteiger partial charge in [0.25, 0.3) is 0 Å². The number of nitrogens with zero attached hydrogens (tertiary/aromatic N) is 3. The predicted octanol–water partition coefficient (Wildman–Crippen LogP) is 3.14. The molecule has 2 aliphatic rings. The molecule has 2 aromatic rings. The smallest absolute Gasteiger partial charge is 0.171 e. The second-order valence-corrected chi connectivity index (χ2v) is 6.98. The Kier molecular flexibility index (Phi) is 4.53. The Morgan fingerprint density at radius 3 is 2.44 bits per heavy atom. The zero-order valence-electron chi connectivity index (χ0n) is 14.1. The van der Waals surface area contributed by atoms with Crippen molar-refractivity contribution in [1.82, 2.24) is 9.97 Å². The number of hydrogen-bond donors (Lipinski definition) is 2. The van der Waals surface area contributed by atoms with Crippen molar-refractivity contribution in [2.45, 2.75) is 37.8 Å². The van der Waals surface area contributed by atoms with E-state index in [1.54, 1.807) is 12.4 Å². The number of aliphatic hydroxyl groups excluding tert-OH is 1. The van der Waals surface area contributed by atoms with Crippen molar-refractivity contribution in [2.75, 3.05) is 23.3 Å². The first-order chi connectivity index (χ1) is 12.2. The lowest BCUT2D eigenvalue weighted by molar-refractivity contribution is 0.0339. The molecule has 1 saturated carbocycles. The fourth-order valence-electron chi connectivity index (χ4n) is 3.79. The second-order valence-electron chi connectivity index (χ2n) is 6.98. The molecule has 0 amide bonds. The molecule has 1 aliphatic carbocycles. The van der Waals surface area contributed by atoms with E-state index in [-0.39, 0.29) is 18.0 Å². The van der Waals surface area contributed by atoms with Gasteiger partial charge in [0.05, 0.1) is 12.1 Å². The van der Waals surface area contributed by atoms with Crippen LogP contribution in [0.1, 0.15) is 37.3 Å². The summed E-state index contributed by atoms with van der Waals surface area (Å²) in [6, 6.07) is 6.57. The summed E-state index contributed by atoms with van der Waals surface area (Å²) in [6.07, 6.45) is 7.01. The number of hydrogen-bond acceptors (Lipinski definition) is 5. The van der Waals surface area contributed by atoms with E-state index in [1.165, 1.54) is 25.0 Å². The maximum Gasteiger partial charge on any atom is 0.171 e. The van der Waals surface area contributed by atoms with Crippen molar-refractivity contribution in [2.24, 2.45) is 5.92 Å². The van der Waals surface area contributed by atoms with Gasteiger partial charge in [-0.1, -0.05) is 12.1 Å². The minimum Gasteiger partial charge on any atom is -0.393 e. The second kappa shape index (κ2) is 6.96. The summed E-state index contributed by atoms with van der Waals surface area (Å²) in [6.45, 7) is 1.99. The summed E-state index contributed by atoms with van der Waals surface area (Å²) in [5, 5.41) is 13.3. The minimum absolute atomic E-state index is 0.0120. The molecule has 1 aromatic carbocycles. The van der Waals surface area contributed by atoms with Gasteiger partial charge < -0.3 is 15.3 Å². The number of benzene rings is 1. The summed E-state index contributed by atoms with van der Waals surface area (Å²) < 4.78 is 13.3. The highest BCUT2D eigenvalue weighted by Gasteiger charge is 2.35. The zero-order chi connectivity index (χ0) is 17.2. The maximum absolute atomic E-state index is 13.3. The lowest BCUT2D eigenvalue weighted by Crippen LogP contribution is -2.36. The molecule has 6 heteroatoms. The molecule has 2 fully saturated rings. The maximum atomic E-state index is 13.3. The summed E-state index contributed by atoms with van der Waals surface area (Å²) in [4.78, 5) is 11.3. The van der Waals surface area contributed by atoms with Crippen LogP contribution in [0.2, 0.25) is 0 Å². The van der Waals surface area contributed by atoms with E-state index in [0.29, 0.717) is 5.92 Å². The van der Waals surface area contributed by atoms with E-state index < -0.39 is 0 Å². The Bertz CT molecular complexity index is 712. The summed E-state index contributed by atoms with van der Waals surface area (Å²) in [5.74, 6) is 1.70. The van der Waals surface area contributed by atoms with Gasteiger partial charge in [0.1, 0.15) is 5.82 Å². The number of halogens is 1. The van der Waals surface area contributed by atoms with Gasteiger partial charge in [0, 0.05) is 25.5 Å². The normalized spacial score (nSPS) is 24.0. The van der Waals surface area contributed by atoms with Crippen molar-refractivity contribution in [3.63, 3.8) is 0 Å². The molecule has 2 N–H and O–H groups in total. The van der Waals surface area contributed by atoms with E-state index in [0.717, 1.165) is 43.1 Å². The largest absolute Gasteiger partial charge is 0.393 e. The van der Waals surface area contributed by atoms with Crippen LogP contribution in [-0.4, -0.2) is 34.3 Å². The third-order valence-corrected chi connectivity index (χ3v) is 5.23. The number of aliphatic hydroxyl groups is 1. The van der Waals surface area contributed by atoms with Crippen molar-refractivity contribution in [3.05, 3.63) is 48.0 Å². The van der Waals surface area contributed by atoms with E-state index in [1.807, 2.05) is 12.1 Å². The van der Waals surface area contributed by atoms with Gasteiger partial charge in [-0.05, 0) is 49.3 Å². The Balaban J connectivity index is 1.61. The molecule has 1 unspecified atom stereocenters. The van der Waals surface area contributed by atoms with Crippen LogP contribution < -0.4 is 10.2 Å². The van der Waals surface area contributed by atoms with Crippen LogP contribution in [0.3, 0.4) is 0 Å². The van der Waals surface area contributed by atoms with Crippen molar-refractivity contribution in [1.29, 1.82) is 0 Å². The molecule has 1 aliphatic heterocycles. The van der Waals surface area contributed by atoms with Gasteiger partial charge in [-0.15, -0.1) is 0 Å². The lowest BCUT2D eigenvalue weighted by atomic mass is 9.75. The number of aromatic nitrogens is 2. The van der Waals surface area contributed by atoms with Crippen LogP contribution in [0.4, 0.5) is 16.0 Å². The van der Waals surface area contributed by atoms with Gasteiger partial charge in [-0.25, -0.2) is 14.4 Å². The Morgan fingerprint density at radius 1 is 1.08 bits per heavy atom. The van der Waals surface area contributed by atoms with Crippen molar-refractivity contribution >= 4 is 11.6 Å². The van der Waals surface area contributed by atoms with Crippen LogP contribution in [-0.2, 0) is 0 Å². The highest BCUT2D eigenvalue weighted by atomic mass is 19.1. The minimum atomic E-state index is -0.242. The monoisotopic (exact) mass is 342 g/mol. The van der Waals surface area contributed by atoms with E-state index in [4.69, 9.17) is 0 Å². The summed E-state index contributed by atoms with van der Waals surface area (Å²) in [5.41, 5.74) is 1.01. The molecule has 132 valence electrons.